The Morgan fingerprint density at radius 2 is 1.97 bits per heavy atom. The van der Waals surface area contributed by atoms with Crippen molar-refractivity contribution in [1.82, 2.24) is 24.4 Å². The van der Waals surface area contributed by atoms with Gasteiger partial charge >= 0.3 is 0 Å². The highest BCUT2D eigenvalue weighted by atomic mass is 32.1. The lowest BCUT2D eigenvalue weighted by atomic mass is 9.87. The Labute approximate surface area is 187 Å². The first-order chi connectivity index (χ1) is 14.7. The Morgan fingerprint density at radius 1 is 1.32 bits per heavy atom. The molecule has 0 amide bonds. The lowest BCUT2D eigenvalue weighted by Gasteiger charge is -2.34. The van der Waals surface area contributed by atoms with Gasteiger partial charge in [0, 0.05) is 13.1 Å². The van der Waals surface area contributed by atoms with Crippen molar-refractivity contribution in [2.45, 2.75) is 37.4 Å². The van der Waals surface area contributed by atoms with Gasteiger partial charge in [-0.25, -0.2) is 9.97 Å². The molecule has 1 fully saturated rings. The number of nitrogens with zero attached hydrogens (tertiary/aromatic N) is 5. The predicted molar refractivity (Wildman–Crippen MR) is 115 cm³/mol. The molecule has 3 rings (SSSR count). The molecule has 0 unspecified atom stereocenters. The Bertz CT molecular complexity index is 956. The Balaban J connectivity index is 0.000000366. The van der Waals surface area contributed by atoms with Crippen LogP contribution < -0.4 is 0 Å². The minimum atomic E-state index is -2.70. The first-order valence-corrected chi connectivity index (χ1v) is 9.99. The molecule has 0 aromatic carbocycles. The third-order valence-electron chi connectivity index (χ3n) is 4.93. The summed E-state index contributed by atoms with van der Waals surface area (Å²) >= 11 is 8.82. The Hall–Kier alpha value is -2.23. The van der Waals surface area contributed by atoms with Gasteiger partial charge in [-0.15, -0.1) is 12.6 Å². The molecular weight excluding hydrogens is 450 g/mol. The van der Waals surface area contributed by atoms with E-state index in [0.717, 1.165) is 30.3 Å². The largest absolute Gasteiger partial charge is 0.492 e. The molecule has 0 bridgehead atoms. The summed E-state index contributed by atoms with van der Waals surface area (Å²) in [7, 11) is 0. The molecule has 2 aromatic rings. The zero-order chi connectivity index (χ0) is 23.4. The molecule has 0 aliphatic carbocycles. The summed E-state index contributed by atoms with van der Waals surface area (Å²) in [6, 6.07) is 0. The third kappa shape index (κ3) is 4.14. The summed E-state index contributed by atoms with van der Waals surface area (Å²) in [6.07, 6.45) is -1.25. The zero-order valence-electron chi connectivity index (χ0n) is 16.7. The van der Waals surface area contributed by atoms with Crippen LogP contribution in [0.5, 0.6) is 5.88 Å². The van der Waals surface area contributed by atoms with Crippen LogP contribution in [0.2, 0.25) is 0 Å². The van der Waals surface area contributed by atoms with E-state index in [4.69, 9.17) is 17.0 Å². The fraction of sp³-hybridized carbons (Fsp3) is 0.529. The molecule has 3 heterocycles. The van der Waals surface area contributed by atoms with Crippen LogP contribution in [0.3, 0.4) is 0 Å². The van der Waals surface area contributed by atoms with Crippen LogP contribution in [-0.2, 0) is 20.1 Å². The van der Waals surface area contributed by atoms with E-state index >= 15 is 0 Å². The highest BCUT2D eigenvalue weighted by molar-refractivity contribution is 8.10. The van der Waals surface area contributed by atoms with E-state index in [9.17, 15) is 30.0 Å². The van der Waals surface area contributed by atoms with Gasteiger partial charge < -0.3 is 30.1 Å². The van der Waals surface area contributed by atoms with Gasteiger partial charge in [-0.1, -0.05) is 12.2 Å². The number of hydrogen-bond donors (Lipinski definition) is 5. The number of ether oxygens (including phenoxy) is 1. The first kappa shape index (κ1) is 25.0. The normalized spacial score (nSPS) is 27.4. The van der Waals surface area contributed by atoms with Crippen molar-refractivity contribution in [3.63, 3.8) is 0 Å². The quantitative estimate of drug-likeness (QED) is 0.189. The number of aliphatic hydroxyl groups excluding tert-OH is 2. The van der Waals surface area contributed by atoms with Crippen molar-refractivity contribution in [3.8, 4) is 5.88 Å². The molecule has 0 radical (unpaired) electrons. The van der Waals surface area contributed by atoms with E-state index in [1.54, 1.807) is 0 Å². The number of fused-ring (bicyclic) bond motifs is 1. The van der Waals surface area contributed by atoms with E-state index in [-0.39, 0.29) is 23.7 Å². The van der Waals surface area contributed by atoms with Crippen molar-refractivity contribution >= 4 is 52.9 Å². The molecule has 2 aromatic heterocycles. The second-order valence-electron chi connectivity index (χ2n) is 6.48. The number of aromatic hydroxyl groups is 1. The number of hydrogen-bond acceptors (Lipinski definition) is 11. The second-order valence-corrected chi connectivity index (χ2v) is 7.59. The summed E-state index contributed by atoms with van der Waals surface area (Å²) in [6.45, 7) is 5.29. The minimum absolute atomic E-state index is 0.0470. The number of thiocarbonyl (C=S) groups is 1. The molecule has 14 heteroatoms. The average molecular weight is 474 g/mol. The number of aliphatic hydroxyl groups is 3. The van der Waals surface area contributed by atoms with Gasteiger partial charge in [-0.2, -0.15) is 4.98 Å². The molecule has 31 heavy (non-hydrogen) atoms. The smallest absolute Gasteiger partial charge is 0.243 e. The summed E-state index contributed by atoms with van der Waals surface area (Å²) in [5.41, 5.74) is -5.34. The highest BCUT2D eigenvalue weighted by Gasteiger charge is 2.67. The van der Waals surface area contributed by atoms with Crippen LogP contribution >= 0.6 is 24.8 Å². The number of carbonyl (C=O) groups excluding carboxylic acids is 2. The van der Waals surface area contributed by atoms with E-state index in [1.807, 2.05) is 4.90 Å². The Kier molecular flexibility index (Phi) is 8.02. The van der Waals surface area contributed by atoms with E-state index in [2.05, 4.69) is 41.4 Å². The maximum atomic E-state index is 11.7. The summed E-state index contributed by atoms with van der Waals surface area (Å²) in [5.74, 6) is -0.485. The number of aldehydes is 2. The van der Waals surface area contributed by atoms with Gasteiger partial charge in [0.25, 0.3) is 0 Å². The van der Waals surface area contributed by atoms with Crippen molar-refractivity contribution < 1.29 is 34.8 Å². The maximum absolute atomic E-state index is 11.7. The van der Waals surface area contributed by atoms with Crippen LogP contribution in [0.15, 0.2) is 12.7 Å². The second kappa shape index (κ2) is 9.93. The van der Waals surface area contributed by atoms with Gasteiger partial charge in [0.15, 0.2) is 23.7 Å². The van der Waals surface area contributed by atoms with Crippen LogP contribution in [-0.4, -0.2) is 99.2 Å². The Morgan fingerprint density at radius 3 is 2.42 bits per heavy atom. The zero-order valence-corrected chi connectivity index (χ0v) is 18.4. The number of thiol groups is 1. The van der Waals surface area contributed by atoms with Crippen LogP contribution in [0.4, 0.5) is 0 Å². The lowest BCUT2D eigenvalue weighted by Crippen LogP contribution is -2.59. The van der Waals surface area contributed by atoms with Gasteiger partial charge in [0.1, 0.15) is 29.2 Å². The molecule has 170 valence electrons. The maximum Gasteiger partial charge on any atom is 0.243 e. The predicted octanol–water partition coefficient (Wildman–Crippen LogP) is -1.39. The number of aromatic nitrogens is 4. The van der Waals surface area contributed by atoms with Crippen molar-refractivity contribution in [2.24, 2.45) is 0 Å². The van der Waals surface area contributed by atoms with E-state index in [0.29, 0.717) is 4.32 Å². The van der Waals surface area contributed by atoms with Gasteiger partial charge in [-0.05, 0) is 13.8 Å². The fourth-order valence-corrected chi connectivity index (χ4v) is 3.71. The standard InChI is InChI=1S/C12H12N4O7.C5H11NS2/c17-1-6-8(20)11(22,2-18)12(3-19,23-6)16-5-15-7-9(16)13-4-14-10(7)21;1-3-6(4-2)5(7)8/h2-6,8,17,20,22H,1H2,(H,13,14,21);3-4H2,1-2H3,(H,7,8)/t6-,8-,11-,12-;/m1./s1. The third-order valence-corrected chi connectivity index (χ3v) is 5.47. The summed E-state index contributed by atoms with van der Waals surface area (Å²) < 4.78 is 6.87. The first-order valence-electron chi connectivity index (χ1n) is 9.14. The number of rotatable bonds is 6. The molecular formula is C17H23N5O7S2. The monoisotopic (exact) mass is 473 g/mol. The van der Waals surface area contributed by atoms with Gasteiger partial charge in [0.2, 0.25) is 17.2 Å². The molecule has 0 saturated carbocycles. The molecule has 4 atom stereocenters. The average Bonchev–Trinajstić information content (AvgIpc) is 3.29. The molecule has 4 N–H and O–H groups in total. The van der Waals surface area contributed by atoms with Crippen molar-refractivity contribution in [2.75, 3.05) is 19.7 Å². The van der Waals surface area contributed by atoms with Crippen molar-refractivity contribution in [3.05, 3.63) is 12.7 Å². The number of imidazole rings is 1. The summed E-state index contributed by atoms with van der Waals surface area (Å²) in [4.78, 5) is 36.3. The van der Waals surface area contributed by atoms with E-state index in [1.165, 1.54) is 0 Å². The SMILES string of the molecule is CCN(CC)C(=S)S.O=C[C@@]1(O)[C@H](O)[C@@H](CO)O[C@@]1(C=O)n1cnc2c(O)ncnc21. The molecule has 1 aliphatic rings. The lowest BCUT2D eigenvalue weighted by molar-refractivity contribution is -0.186. The minimum Gasteiger partial charge on any atom is -0.492 e. The van der Waals surface area contributed by atoms with Crippen LogP contribution in [0.25, 0.3) is 11.2 Å². The molecule has 12 nitrogen and oxygen atoms in total. The fourth-order valence-electron chi connectivity index (χ4n) is 3.16. The molecule has 1 aliphatic heterocycles. The van der Waals surface area contributed by atoms with Crippen molar-refractivity contribution in [1.29, 1.82) is 0 Å². The van der Waals surface area contributed by atoms with Gasteiger partial charge in [0.05, 0.1) is 6.61 Å². The van der Waals surface area contributed by atoms with Crippen LogP contribution in [0.1, 0.15) is 13.8 Å². The molecule has 0 spiro atoms. The highest BCUT2D eigenvalue weighted by Crippen LogP contribution is 2.42. The van der Waals surface area contributed by atoms with Gasteiger partial charge in [-0.3, -0.25) is 14.2 Å². The van der Waals surface area contributed by atoms with E-state index < -0.39 is 36.0 Å². The topological polar surface area (TPSA) is 171 Å². The van der Waals surface area contributed by atoms with Crippen LogP contribution in [0, 0.1) is 0 Å². The summed E-state index contributed by atoms with van der Waals surface area (Å²) in [5, 5.41) is 39.5. The molecule has 1 saturated heterocycles. The number of carbonyl (C=O) groups is 2.